The highest BCUT2D eigenvalue weighted by Crippen LogP contribution is 2.41. The van der Waals surface area contributed by atoms with Crippen LogP contribution in [0.5, 0.6) is 0 Å². The molecular weight excluding hydrogens is 560 g/mol. The maximum atomic E-state index is 13.5. The van der Waals surface area contributed by atoms with Crippen molar-refractivity contribution in [1.29, 1.82) is 0 Å². The van der Waals surface area contributed by atoms with Gasteiger partial charge in [-0.05, 0) is 63.4 Å². The third-order valence-corrected chi connectivity index (χ3v) is 10.5. The summed E-state index contributed by atoms with van der Waals surface area (Å²) in [5.74, 6) is 12.3. The van der Waals surface area contributed by atoms with Crippen molar-refractivity contribution in [2.24, 2.45) is 0 Å². The number of nitrogens with zero attached hydrogens (tertiary/aromatic N) is 2. The van der Waals surface area contributed by atoms with Gasteiger partial charge in [-0.1, -0.05) is 54.0 Å². The Morgan fingerprint density at radius 1 is 0.854 bits per heavy atom. The second kappa shape index (κ2) is 10.2. The van der Waals surface area contributed by atoms with Crippen LogP contribution in [0, 0.1) is 33.8 Å². The van der Waals surface area contributed by atoms with E-state index in [0.717, 1.165) is 50.7 Å². The Balaban J connectivity index is 1.51. The van der Waals surface area contributed by atoms with Gasteiger partial charge in [0, 0.05) is 36.2 Å². The number of nitro groups is 1. The molecule has 41 heavy (non-hydrogen) atoms. The van der Waals surface area contributed by atoms with E-state index in [2.05, 4.69) is 23.7 Å². The van der Waals surface area contributed by atoms with E-state index in [9.17, 15) is 26.9 Å². The molecule has 0 fully saturated rings. The second-order valence-corrected chi connectivity index (χ2v) is 13.8. The number of hydrogen-bond donors (Lipinski definition) is 0. The lowest BCUT2D eigenvalue weighted by molar-refractivity contribution is -0.384. The van der Waals surface area contributed by atoms with Crippen molar-refractivity contribution in [2.45, 2.75) is 22.8 Å². The second-order valence-electron chi connectivity index (χ2n) is 9.81. The van der Waals surface area contributed by atoms with Gasteiger partial charge in [-0.25, -0.2) is 16.8 Å². The highest BCUT2D eigenvalue weighted by atomic mass is 32.2. The lowest BCUT2D eigenvalue weighted by atomic mass is 9.87. The number of hydrogen-bond acceptors (Lipinski definition) is 6. The first-order valence-electron chi connectivity index (χ1n) is 12.7. The first kappa shape index (κ1) is 26.7. The Morgan fingerprint density at radius 3 is 2.37 bits per heavy atom. The van der Waals surface area contributed by atoms with Crippen LogP contribution in [-0.2, 0) is 31.4 Å². The zero-order valence-electron chi connectivity index (χ0n) is 21.6. The molecule has 2 aliphatic rings. The van der Waals surface area contributed by atoms with Gasteiger partial charge in [-0.2, -0.15) is 4.31 Å². The Bertz CT molecular complexity index is 2100. The van der Waals surface area contributed by atoms with Crippen LogP contribution in [0.4, 0.5) is 5.69 Å². The van der Waals surface area contributed by atoms with E-state index in [-0.39, 0.29) is 41.6 Å². The van der Waals surface area contributed by atoms with Gasteiger partial charge in [0.05, 0.1) is 27.9 Å². The molecule has 6 rings (SSSR count). The van der Waals surface area contributed by atoms with Crippen LogP contribution < -0.4 is 0 Å². The Morgan fingerprint density at radius 2 is 1.59 bits per heavy atom. The summed E-state index contributed by atoms with van der Waals surface area (Å²) in [6, 6.07) is 19.8. The fourth-order valence-electron chi connectivity index (χ4n) is 5.29. The molecular formula is C31H22N2O6S2. The SMILES string of the molecule is O=[N+]([O-])c1ccc(S(=O)(=O)N2CC#Cc3ccccc3-c3c4c(cc5c(cccc35)C#CCC2)CS(=O)(=O)C4)cc1. The van der Waals surface area contributed by atoms with Gasteiger partial charge in [0.25, 0.3) is 5.69 Å². The molecule has 4 aromatic carbocycles. The molecule has 2 heterocycles. The van der Waals surface area contributed by atoms with Crippen LogP contribution in [-0.4, -0.2) is 39.2 Å². The highest BCUT2D eigenvalue weighted by molar-refractivity contribution is 7.90. The summed E-state index contributed by atoms with van der Waals surface area (Å²) >= 11 is 0. The van der Waals surface area contributed by atoms with Crippen molar-refractivity contribution in [3.8, 4) is 34.8 Å². The number of sulfone groups is 1. The number of non-ortho nitro benzene ring substituents is 1. The predicted molar refractivity (Wildman–Crippen MR) is 156 cm³/mol. The summed E-state index contributed by atoms with van der Waals surface area (Å²) in [7, 11) is -7.33. The third-order valence-electron chi connectivity index (χ3n) is 7.19. The molecule has 0 aromatic heterocycles. The average molecular weight is 583 g/mol. The lowest BCUT2D eigenvalue weighted by Gasteiger charge is -2.19. The van der Waals surface area contributed by atoms with Gasteiger partial charge in [0.15, 0.2) is 9.84 Å². The van der Waals surface area contributed by atoms with Crippen LogP contribution in [0.15, 0.2) is 77.7 Å². The summed E-state index contributed by atoms with van der Waals surface area (Å²) in [5.41, 5.74) is 4.26. The van der Waals surface area contributed by atoms with Crippen molar-refractivity contribution in [3.63, 3.8) is 0 Å². The molecule has 0 unspecified atom stereocenters. The molecule has 0 aliphatic carbocycles. The first-order valence-corrected chi connectivity index (χ1v) is 16.0. The summed E-state index contributed by atoms with van der Waals surface area (Å²) in [4.78, 5) is 10.4. The summed E-state index contributed by atoms with van der Waals surface area (Å²) in [6.45, 7) is -0.0659. The highest BCUT2D eigenvalue weighted by Gasteiger charge is 2.30. The van der Waals surface area contributed by atoms with Gasteiger partial charge >= 0.3 is 0 Å². The van der Waals surface area contributed by atoms with Crippen LogP contribution in [0.1, 0.15) is 28.7 Å². The maximum absolute atomic E-state index is 13.5. The number of benzene rings is 4. The zero-order valence-corrected chi connectivity index (χ0v) is 23.3. The summed E-state index contributed by atoms with van der Waals surface area (Å²) in [6.07, 6.45) is 0.215. The fraction of sp³-hybridized carbons (Fsp3) is 0.161. The molecule has 2 aliphatic heterocycles. The van der Waals surface area contributed by atoms with Crippen molar-refractivity contribution in [3.05, 3.63) is 105 Å². The molecule has 0 atom stereocenters. The Hall–Kier alpha value is -4.48. The smallest absolute Gasteiger partial charge is 0.258 e. The summed E-state index contributed by atoms with van der Waals surface area (Å²) in [5, 5.41) is 12.8. The Kier molecular flexibility index (Phi) is 6.63. The van der Waals surface area contributed by atoms with Crippen LogP contribution in [0.25, 0.3) is 21.9 Å². The van der Waals surface area contributed by atoms with E-state index in [1.165, 1.54) is 16.4 Å². The monoisotopic (exact) mass is 582 g/mol. The number of rotatable bonds is 3. The third kappa shape index (κ3) is 4.98. The minimum absolute atomic E-state index is 0.0314. The molecule has 0 amide bonds. The van der Waals surface area contributed by atoms with Crippen LogP contribution in [0.2, 0.25) is 0 Å². The van der Waals surface area contributed by atoms with E-state index in [4.69, 9.17) is 0 Å². The molecule has 4 aromatic rings. The predicted octanol–water partition coefficient (Wildman–Crippen LogP) is 4.64. The first-order chi connectivity index (χ1) is 19.6. The van der Waals surface area contributed by atoms with E-state index in [0.29, 0.717) is 5.56 Å². The molecule has 0 N–H and O–H groups in total. The zero-order chi connectivity index (χ0) is 28.8. The summed E-state index contributed by atoms with van der Waals surface area (Å²) < 4.78 is 53.7. The average Bonchev–Trinajstić information content (AvgIpc) is 3.26. The molecule has 0 saturated carbocycles. The van der Waals surface area contributed by atoms with E-state index in [1.54, 1.807) is 0 Å². The minimum Gasteiger partial charge on any atom is -0.258 e. The van der Waals surface area contributed by atoms with Gasteiger partial charge in [-0.15, -0.1) is 0 Å². The molecule has 4 bridgehead atoms. The normalized spacial score (nSPS) is 16.0. The van der Waals surface area contributed by atoms with Gasteiger partial charge in [-0.3, -0.25) is 10.1 Å². The van der Waals surface area contributed by atoms with Crippen molar-refractivity contribution < 1.29 is 21.8 Å². The number of nitro benzene ring substituents is 1. The quantitative estimate of drug-likeness (QED) is 0.198. The lowest BCUT2D eigenvalue weighted by Crippen LogP contribution is -2.32. The molecule has 10 heteroatoms. The Labute approximate surface area is 237 Å². The maximum Gasteiger partial charge on any atom is 0.269 e. The van der Waals surface area contributed by atoms with Crippen molar-refractivity contribution >= 4 is 36.3 Å². The molecule has 8 nitrogen and oxygen atoms in total. The molecule has 204 valence electrons. The standard InChI is InChI=1S/C31H22N2O6S2/c34-33(35)25-13-15-26(16-14-25)41(38,39)32-17-4-3-8-23-9-5-12-28-29(23)19-24-20-40(36,37)21-30(24)31(28)27-11-2-1-7-22(27)10-6-18-32/h1-2,5,7,9,11-16,19H,4,17-18,20-21H2. The fourth-order valence-corrected chi connectivity index (χ4v) is 8.23. The molecule has 0 spiro atoms. The number of fused-ring (bicyclic) bond motifs is 4. The van der Waals surface area contributed by atoms with Gasteiger partial charge in [0.1, 0.15) is 0 Å². The van der Waals surface area contributed by atoms with Crippen molar-refractivity contribution in [2.75, 3.05) is 13.1 Å². The largest absolute Gasteiger partial charge is 0.269 e. The van der Waals surface area contributed by atoms with Crippen LogP contribution in [0.3, 0.4) is 0 Å². The van der Waals surface area contributed by atoms with Crippen LogP contribution >= 0.6 is 0 Å². The number of sulfonamides is 1. The van der Waals surface area contributed by atoms with E-state index >= 15 is 0 Å². The van der Waals surface area contributed by atoms with E-state index < -0.39 is 24.8 Å². The van der Waals surface area contributed by atoms with E-state index in [1.807, 2.05) is 48.5 Å². The molecule has 0 saturated heterocycles. The minimum atomic E-state index is -4.02. The van der Waals surface area contributed by atoms with Gasteiger partial charge < -0.3 is 0 Å². The molecule has 0 radical (unpaired) electrons. The topological polar surface area (TPSA) is 115 Å². The van der Waals surface area contributed by atoms with Crippen molar-refractivity contribution in [1.82, 2.24) is 4.31 Å². The van der Waals surface area contributed by atoms with Gasteiger partial charge in [0.2, 0.25) is 10.0 Å².